The molecular weight excluding hydrogens is 384 g/mol. The Balaban J connectivity index is 1.82. The van der Waals surface area contributed by atoms with E-state index < -0.39 is 5.79 Å². The minimum absolute atomic E-state index is 0.210. The fourth-order valence-corrected chi connectivity index (χ4v) is 4.33. The Labute approximate surface area is 182 Å². The second kappa shape index (κ2) is 14.3. The normalized spacial score (nSPS) is 18.0. The Kier molecular flexibility index (Phi) is 12.0. The molecule has 0 N–H and O–H groups in total. The van der Waals surface area contributed by atoms with E-state index in [9.17, 15) is 0 Å². The molecule has 0 bridgehead atoms. The van der Waals surface area contributed by atoms with Crippen molar-refractivity contribution in [2.24, 2.45) is 0 Å². The van der Waals surface area contributed by atoms with Gasteiger partial charge in [0.1, 0.15) is 6.61 Å². The molecule has 1 unspecified atom stereocenters. The maximum atomic E-state index is 6.35. The van der Waals surface area contributed by atoms with Gasteiger partial charge in [-0.15, -0.1) is 11.3 Å². The average Bonchev–Trinajstić information content (AvgIpc) is 3.12. The number of rotatable bonds is 16. The van der Waals surface area contributed by atoms with Crippen molar-refractivity contribution in [2.45, 2.75) is 110 Å². The molecule has 1 aliphatic rings. The zero-order valence-electron chi connectivity index (χ0n) is 18.9. The summed E-state index contributed by atoms with van der Waals surface area (Å²) < 4.78 is 24.9. The second-order valence-electron chi connectivity index (χ2n) is 8.19. The Hall–Kier alpha value is -0.780. The molecule has 2 rings (SSSR count). The van der Waals surface area contributed by atoms with Crippen LogP contribution in [-0.4, -0.2) is 31.7 Å². The van der Waals surface area contributed by atoms with Gasteiger partial charge in [0.2, 0.25) is 5.79 Å². The molecule has 0 saturated heterocycles. The van der Waals surface area contributed by atoms with Crippen LogP contribution in [0.1, 0.15) is 97.8 Å². The van der Waals surface area contributed by atoms with Gasteiger partial charge < -0.3 is 18.9 Å². The number of thiophene rings is 1. The molecule has 1 atom stereocenters. The zero-order chi connectivity index (χ0) is 20.8. The van der Waals surface area contributed by atoms with Crippen LogP contribution in [0.3, 0.4) is 0 Å². The van der Waals surface area contributed by atoms with E-state index in [1.54, 1.807) is 11.3 Å². The molecule has 4 nitrogen and oxygen atoms in total. The van der Waals surface area contributed by atoms with Crippen LogP contribution in [0, 0.1) is 0 Å². The van der Waals surface area contributed by atoms with Crippen LogP contribution in [0.5, 0.6) is 11.5 Å². The molecule has 1 aromatic rings. The third kappa shape index (κ3) is 8.47. The van der Waals surface area contributed by atoms with Crippen LogP contribution in [0.4, 0.5) is 0 Å². The standard InChI is InChI=1S/C24H42O4S/c1-4-6-8-10-12-14-16-26-24(27-17-15-13-11-9-7-5-2)20-25-22-18-29-19-23(22)28-21(24)3/h18-19,21H,4-17,20H2,1-3H3. The lowest BCUT2D eigenvalue weighted by Crippen LogP contribution is -2.52. The largest absolute Gasteiger partial charge is 0.483 e. The lowest BCUT2D eigenvalue weighted by molar-refractivity contribution is -0.282. The van der Waals surface area contributed by atoms with Gasteiger partial charge in [-0.25, -0.2) is 0 Å². The first-order valence-corrected chi connectivity index (χ1v) is 12.8. The molecule has 1 aliphatic heterocycles. The van der Waals surface area contributed by atoms with E-state index in [2.05, 4.69) is 13.8 Å². The van der Waals surface area contributed by atoms with Crippen LogP contribution in [-0.2, 0) is 9.47 Å². The topological polar surface area (TPSA) is 36.9 Å². The van der Waals surface area contributed by atoms with Crippen molar-refractivity contribution in [3.05, 3.63) is 10.8 Å². The zero-order valence-corrected chi connectivity index (χ0v) is 19.7. The van der Waals surface area contributed by atoms with Gasteiger partial charge in [0.05, 0.1) is 13.2 Å². The van der Waals surface area contributed by atoms with E-state index in [4.69, 9.17) is 18.9 Å². The average molecular weight is 427 g/mol. The summed E-state index contributed by atoms with van der Waals surface area (Å²) in [6.07, 6.45) is 14.7. The van der Waals surface area contributed by atoms with Crippen LogP contribution in [0.2, 0.25) is 0 Å². The highest BCUT2D eigenvalue weighted by atomic mass is 32.1. The van der Waals surface area contributed by atoms with Crippen molar-refractivity contribution in [3.63, 3.8) is 0 Å². The monoisotopic (exact) mass is 426 g/mol. The van der Waals surface area contributed by atoms with E-state index in [0.29, 0.717) is 19.8 Å². The maximum absolute atomic E-state index is 6.35. The van der Waals surface area contributed by atoms with Gasteiger partial charge >= 0.3 is 0 Å². The van der Waals surface area contributed by atoms with E-state index in [1.165, 1.54) is 64.2 Å². The van der Waals surface area contributed by atoms with Gasteiger partial charge in [-0.1, -0.05) is 78.1 Å². The molecule has 0 radical (unpaired) electrons. The third-order valence-electron chi connectivity index (χ3n) is 5.63. The molecule has 0 spiro atoms. The first kappa shape index (κ1) is 24.5. The molecule has 29 heavy (non-hydrogen) atoms. The molecule has 1 aromatic heterocycles. The third-order valence-corrected chi connectivity index (χ3v) is 6.33. The van der Waals surface area contributed by atoms with Crippen LogP contribution < -0.4 is 9.47 Å². The van der Waals surface area contributed by atoms with Gasteiger partial charge in [0, 0.05) is 10.8 Å². The number of unbranched alkanes of at least 4 members (excludes halogenated alkanes) is 10. The lowest BCUT2D eigenvalue weighted by Gasteiger charge is -2.36. The summed E-state index contributed by atoms with van der Waals surface area (Å²) in [5, 5.41) is 3.98. The van der Waals surface area contributed by atoms with Crippen LogP contribution >= 0.6 is 11.3 Å². The van der Waals surface area contributed by atoms with Gasteiger partial charge in [-0.3, -0.25) is 0 Å². The summed E-state index contributed by atoms with van der Waals surface area (Å²) in [4.78, 5) is 0. The highest BCUT2D eigenvalue weighted by Crippen LogP contribution is 2.38. The quantitative estimate of drug-likeness (QED) is 0.204. The minimum atomic E-state index is -0.830. The molecule has 5 heteroatoms. The van der Waals surface area contributed by atoms with Gasteiger partial charge in [-0.05, 0) is 19.8 Å². The SMILES string of the molecule is CCCCCCCCOC1(OCCCCCCCC)COc2cscc2OC1C. The van der Waals surface area contributed by atoms with Crippen molar-refractivity contribution >= 4 is 11.3 Å². The van der Waals surface area contributed by atoms with Crippen molar-refractivity contribution in [1.29, 1.82) is 0 Å². The fraction of sp³-hybridized carbons (Fsp3) is 0.833. The molecule has 0 aromatic carbocycles. The van der Waals surface area contributed by atoms with Crippen molar-refractivity contribution in [3.8, 4) is 11.5 Å². The first-order valence-electron chi connectivity index (χ1n) is 11.9. The fourth-order valence-electron chi connectivity index (χ4n) is 3.66. The van der Waals surface area contributed by atoms with E-state index in [1.807, 2.05) is 17.7 Å². The maximum Gasteiger partial charge on any atom is 0.241 e. The molecule has 0 amide bonds. The number of fused-ring (bicyclic) bond motifs is 1. The van der Waals surface area contributed by atoms with Crippen molar-refractivity contribution < 1.29 is 18.9 Å². The highest BCUT2D eigenvalue weighted by molar-refractivity contribution is 7.08. The summed E-state index contributed by atoms with van der Waals surface area (Å²) in [5.41, 5.74) is 0. The molecule has 0 saturated carbocycles. The predicted octanol–water partition coefficient (Wildman–Crippen LogP) is 7.36. The predicted molar refractivity (Wildman–Crippen MR) is 121 cm³/mol. The summed E-state index contributed by atoms with van der Waals surface area (Å²) in [6.45, 7) is 8.29. The Morgan fingerprint density at radius 2 is 1.34 bits per heavy atom. The van der Waals surface area contributed by atoms with E-state index >= 15 is 0 Å². The summed E-state index contributed by atoms with van der Waals surface area (Å²) >= 11 is 1.60. The first-order chi connectivity index (χ1) is 14.2. The van der Waals surface area contributed by atoms with Gasteiger partial charge in [0.15, 0.2) is 17.6 Å². The second-order valence-corrected chi connectivity index (χ2v) is 8.94. The van der Waals surface area contributed by atoms with Gasteiger partial charge in [0.25, 0.3) is 0 Å². The molecule has 0 aliphatic carbocycles. The van der Waals surface area contributed by atoms with E-state index in [0.717, 1.165) is 24.3 Å². The molecule has 0 fully saturated rings. The van der Waals surface area contributed by atoms with Gasteiger partial charge in [-0.2, -0.15) is 0 Å². The smallest absolute Gasteiger partial charge is 0.241 e. The number of hydrogen-bond donors (Lipinski definition) is 0. The van der Waals surface area contributed by atoms with Crippen molar-refractivity contribution in [1.82, 2.24) is 0 Å². The van der Waals surface area contributed by atoms with E-state index in [-0.39, 0.29) is 6.10 Å². The molecular formula is C24H42O4S. The minimum Gasteiger partial charge on any atom is -0.483 e. The summed E-state index contributed by atoms with van der Waals surface area (Å²) in [6, 6.07) is 0. The Morgan fingerprint density at radius 1 is 0.828 bits per heavy atom. The molecule has 2 heterocycles. The number of hydrogen-bond acceptors (Lipinski definition) is 5. The highest BCUT2D eigenvalue weighted by Gasteiger charge is 2.44. The Bertz CT molecular complexity index is 513. The van der Waals surface area contributed by atoms with Crippen molar-refractivity contribution in [2.75, 3.05) is 19.8 Å². The summed E-state index contributed by atoms with van der Waals surface area (Å²) in [5.74, 6) is 0.773. The molecule has 168 valence electrons. The lowest BCUT2D eigenvalue weighted by atomic mass is 10.1. The van der Waals surface area contributed by atoms with Crippen LogP contribution in [0.25, 0.3) is 0 Å². The number of ether oxygens (including phenoxy) is 4. The summed E-state index contributed by atoms with van der Waals surface area (Å²) in [7, 11) is 0. The van der Waals surface area contributed by atoms with Crippen LogP contribution in [0.15, 0.2) is 10.8 Å². The Morgan fingerprint density at radius 3 is 1.93 bits per heavy atom.